The van der Waals surface area contributed by atoms with Crippen molar-refractivity contribution in [1.29, 1.82) is 0 Å². The zero-order valence-corrected chi connectivity index (χ0v) is 6.55. The highest BCUT2D eigenvalue weighted by molar-refractivity contribution is 5.23. The van der Waals surface area contributed by atoms with E-state index in [1.807, 2.05) is 13.0 Å². The number of halogens is 1. The summed E-state index contributed by atoms with van der Waals surface area (Å²) in [6.45, 7) is 5.53. The van der Waals surface area contributed by atoms with Crippen molar-refractivity contribution in [2.45, 2.75) is 12.8 Å². The molecule has 0 spiro atoms. The van der Waals surface area contributed by atoms with Gasteiger partial charge in [0.1, 0.15) is 5.82 Å². The van der Waals surface area contributed by atoms with Gasteiger partial charge in [0, 0.05) is 5.92 Å². The van der Waals surface area contributed by atoms with Crippen LogP contribution in [0.15, 0.2) is 36.9 Å². The lowest BCUT2D eigenvalue weighted by molar-refractivity contribution is 0.605. The molecule has 0 N–H and O–H groups in total. The Morgan fingerprint density at radius 2 is 2.09 bits per heavy atom. The summed E-state index contributed by atoms with van der Waals surface area (Å²) in [5, 5.41) is 0. The Labute approximate surface area is 66.4 Å². The minimum atomic E-state index is -0.153. The largest absolute Gasteiger partial charge is 0.207 e. The molecule has 1 unspecified atom stereocenters. The molecule has 1 rings (SSSR count). The van der Waals surface area contributed by atoms with Crippen molar-refractivity contribution in [1.82, 2.24) is 0 Å². The third kappa shape index (κ3) is 1.67. The van der Waals surface area contributed by atoms with Gasteiger partial charge >= 0.3 is 0 Å². The van der Waals surface area contributed by atoms with Gasteiger partial charge < -0.3 is 0 Å². The highest BCUT2D eigenvalue weighted by Gasteiger charge is 2.04. The predicted molar refractivity (Wildman–Crippen MR) is 45.0 cm³/mol. The van der Waals surface area contributed by atoms with Gasteiger partial charge in [0.15, 0.2) is 0 Å². The predicted octanol–water partition coefficient (Wildman–Crippen LogP) is 3.12. The molecule has 0 radical (unpaired) electrons. The first-order chi connectivity index (χ1) is 5.25. The average Bonchev–Trinajstić information content (AvgIpc) is 2.04. The molecule has 0 nitrogen and oxygen atoms in total. The van der Waals surface area contributed by atoms with E-state index in [-0.39, 0.29) is 11.7 Å². The summed E-state index contributed by atoms with van der Waals surface area (Å²) >= 11 is 0. The molecule has 1 aromatic carbocycles. The topological polar surface area (TPSA) is 0 Å². The zero-order chi connectivity index (χ0) is 8.27. The van der Waals surface area contributed by atoms with Crippen LogP contribution in [-0.2, 0) is 0 Å². The van der Waals surface area contributed by atoms with E-state index in [9.17, 15) is 4.39 Å². The van der Waals surface area contributed by atoms with Crippen LogP contribution in [0.4, 0.5) is 4.39 Å². The number of hydrogen-bond donors (Lipinski definition) is 0. The quantitative estimate of drug-likeness (QED) is 0.568. The van der Waals surface area contributed by atoms with Crippen LogP contribution in [0, 0.1) is 5.82 Å². The highest BCUT2D eigenvalue weighted by Crippen LogP contribution is 2.18. The number of benzene rings is 1. The molecule has 0 aliphatic rings. The molecule has 0 saturated carbocycles. The molecule has 0 heterocycles. The summed E-state index contributed by atoms with van der Waals surface area (Å²) in [5.41, 5.74) is 0.711. The highest BCUT2D eigenvalue weighted by atomic mass is 19.1. The summed E-state index contributed by atoms with van der Waals surface area (Å²) < 4.78 is 13.0. The van der Waals surface area contributed by atoms with Crippen molar-refractivity contribution < 1.29 is 4.39 Å². The van der Waals surface area contributed by atoms with Gasteiger partial charge in [-0.15, -0.1) is 6.58 Å². The molecule has 58 valence electrons. The summed E-state index contributed by atoms with van der Waals surface area (Å²) in [5.74, 6) is -0.0592. The van der Waals surface area contributed by atoms with E-state index in [2.05, 4.69) is 6.58 Å². The van der Waals surface area contributed by atoms with E-state index >= 15 is 0 Å². The molecule has 1 atom stereocenters. The third-order valence-electron chi connectivity index (χ3n) is 1.75. The molecule has 0 fully saturated rings. The van der Waals surface area contributed by atoms with Crippen LogP contribution in [0.3, 0.4) is 0 Å². The first kappa shape index (κ1) is 7.99. The van der Waals surface area contributed by atoms with Crippen molar-refractivity contribution in [3.63, 3.8) is 0 Å². The van der Waals surface area contributed by atoms with Gasteiger partial charge in [0.05, 0.1) is 0 Å². The van der Waals surface area contributed by atoms with Crippen molar-refractivity contribution in [2.24, 2.45) is 0 Å². The first-order valence-corrected chi connectivity index (χ1v) is 3.62. The minimum absolute atomic E-state index is 0.0937. The van der Waals surface area contributed by atoms with E-state index < -0.39 is 0 Å². The number of allylic oxidation sites excluding steroid dienone is 1. The lowest BCUT2D eigenvalue weighted by atomic mass is 10.0. The Kier molecular flexibility index (Phi) is 2.42. The Morgan fingerprint density at radius 1 is 1.45 bits per heavy atom. The Hall–Kier alpha value is -1.11. The molecular weight excluding hydrogens is 139 g/mol. The normalized spacial score (nSPS) is 12.5. The first-order valence-electron chi connectivity index (χ1n) is 3.62. The van der Waals surface area contributed by atoms with Crippen LogP contribution in [-0.4, -0.2) is 0 Å². The monoisotopic (exact) mass is 150 g/mol. The second-order valence-electron chi connectivity index (χ2n) is 2.55. The van der Waals surface area contributed by atoms with Gasteiger partial charge in [0.25, 0.3) is 0 Å². The summed E-state index contributed by atoms with van der Waals surface area (Å²) in [6.07, 6.45) is 1.73. The van der Waals surface area contributed by atoms with E-state index in [1.165, 1.54) is 6.07 Å². The van der Waals surface area contributed by atoms with Gasteiger partial charge in [-0.05, 0) is 11.6 Å². The molecular formula is C10H11F. The van der Waals surface area contributed by atoms with Crippen LogP contribution in [0.1, 0.15) is 18.4 Å². The van der Waals surface area contributed by atoms with Crippen LogP contribution < -0.4 is 0 Å². The van der Waals surface area contributed by atoms with E-state index in [1.54, 1.807) is 18.2 Å². The second kappa shape index (κ2) is 3.33. The van der Waals surface area contributed by atoms with Gasteiger partial charge in [-0.1, -0.05) is 31.2 Å². The maximum Gasteiger partial charge on any atom is 0.126 e. The third-order valence-corrected chi connectivity index (χ3v) is 1.75. The van der Waals surface area contributed by atoms with Crippen molar-refractivity contribution in [3.05, 3.63) is 48.3 Å². The molecule has 0 aliphatic carbocycles. The standard InChI is InChI=1S/C10H11F/c1-3-8(2)9-6-4-5-7-10(9)11/h3-8H,1H2,2H3. The fourth-order valence-corrected chi connectivity index (χ4v) is 0.971. The van der Waals surface area contributed by atoms with Gasteiger partial charge in [-0.2, -0.15) is 0 Å². The molecule has 1 heteroatoms. The maximum absolute atomic E-state index is 13.0. The van der Waals surface area contributed by atoms with Crippen LogP contribution in [0.25, 0.3) is 0 Å². The maximum atomic E-state index is 13.0. The lowest BCUT2D eigenvalue weighted by Crippen LogP contribution is -1.92. The van der Waals surface area contributed by atoms with Crippen LogP contribution >= 0.6 is 0 Å². The molecule has 0 saturated heterocycles. The van der Waals surface area contributed by atoms with Crippen molar-refractivity contribution in [3.8, 4) is 0 Å². The van der Waals surface area contributed by atoms with E-state index in [0.717, 1.165) is 0 Å². The number of hydrogen-bond acceptors (Lipinski definition) is 0. The summed E-state index contributed by atoms with van der Waals surface area (Å²) in [6, 6.07) is 6.77. The fourth-order valence-electron chi connectivity index (χ4n) is 0.971. The Morgan fingerprint density at radius 3 is 2.64 bits per heavy atom. The van der Waals surface area contributed by atoms with Gasteiger partial charge in [0.2, 0.25) is 0 Å². The van der Waals surface area contributed by atoms with Gasteiger partial charge in [-0.3, -0.25) is 0 Å². The lowest BCUT2D eigenvalue weighted by Gasteiger charge is -2.05. The molecule has 0 aromatic heterocycles. The van der Waals surface area contributed by atoms with E-state index in [0.29, 0.717) is 5.56 Å². The average molecular weight is 150 g/mol. The Balaban J connectivity index is 3.02. The van der Waals surface area contributed by atoms with Crippen LogP contribution in [0.2, 0.25) is 0 Å². The second-order valence-corrected chi connectivity index (χ2v) is 2.55. The smallest absolute Gasteiger partial charge is 0.126 e. The van der Waals surface area contributed by atoms with Crippen molar-refractivity contribution in [2.75, 3.05) is 0 Å². The summed E-state index contributed by atoms with van der Waals surface area (Å²) in [7, 11) is 0. The SMILES string of the molecule is C=CC(C)c1ccccc1F. The number of rotatable bonds is 2. The Bertz CT molecular complexity index is 253. The van der Waals surface area contributed by atoms with Crippen LogP contribution in [0.5, 0.6) is 0 Å². The molecule has 0 aliphatic heterocycles. The fraction of sp³-hybridized carbons (Fsp3) is 0.200. The minimum Gasteiger partial charge on any atom is -0.207 e. The molecule has 0 bridgehead atoms. The zero-order valence-electron chi connectivity index (χ0n) is 6.55. The van der Waals surface area contributed by atoms with Gasteiger partial charge in [-0.25, -0.2) is 4.39 Å². The summed E-state index contributed by atoms with van der Waals surface area (Å²) in [4.78, 5) is 0. The molecule has 11 heavy (non-hydrogen) atoms. The van der Waals surface area contributed by atoms with E-state index in [4.69, 9.17) is 0 Å². The molecule has 1 aromatic rings. The van der Waals surface area contributed by atoms with Crippen molar-refractivity contribution >= 4 is 0 Å². The molecule has 0 amide bonds.